The summed E-state index contributed by atoms with van der Waals surface area (Å²) in [7, 11) is 1.54. The van der Waals surface area contributed by atoms with E-state index >= 15 is 0 Å². The third-order valence-corrected chi connectivity index (χ3v) is 5.23. The van der Waals surface area contributed by atoms with E-state index in [1.807, 2.05) is 25.1 Å². The first-order chi connectivity index (χ1) is 16.3. The van der Waals surface area contributed by atoms with Crippen molar-refractivity contribution in [3.63, 3.8) is 0 Å². The van der Waals surface area contributed by atoms with Crippen LogP contribution in [0.1, 0.15) is 27.8 Å². The van der Waals surface area contributed by atoms with Gasteiger partial charge in [-0.25, -0.2) is 9.79 Å². The molecule has 0 spiro atoms. The molecule has 0 aliphatic carbocycles. The average Bonchev–Trinajstić information content (AvgIpc) is 3.18. The lowest BCUT2D eigenvalue weighted by molar-refractivity contribution is -0.385. The molecule has 0 fully saturated rings. The lowest BCUT2D eigenvalue weighted by Gasteiger charge is -2.12. The number of cyclic esters (lactones) is 1. The Balaban J connectivity index is 1.55. The number of carbonyl (C=O) groups is 1. The summed E-state index contributed by atoms with van der Waals surface area (Å²) >= 11 is 0. The van der Waals surface area contributed by atoms with Crippen LogP contribution in [0.2, 0.25) is 0 Å². The van der Waals surface area contributed by atoms with Crippen molar-refractivity contribution >= 4 is 23.6 Å². The maximum absolute atomic E-state index is 12.4. The van der Waals surface area contributed by atoms with Gasteiger partial charge in [-0.1, -0.05) is 35.9 Å². The molecule has 172 valence electrons. The van der Waals surface area contributed by atoms with Gasteiger partial charge in [0, 0.05) is 17.2 Å². The van der Waals surface area contributed by atoms with Crippen molar-refractivity contribution < 1.29 is 23.9 Å². The van der Waals surface area contributed by atoms with Gasteiger partial charge in [-0.3, -0.25) is 10.1 Å². The zero-order valence-corrected chi connectivity index (χ0v) is 18.9. The third kappa shape index (κ3) is 4.96. The fourth-order valence-corrected chi connectivity index (χ4v) is 3.54. The quantitative estimate of drug-likeness (QED) is 0.210. The molecular weight excluding hydrogens is 436 g/mol. The highest BCUT2D eigenvalue weighted by Gasteiger charge is 2.25. The van der Waals surface area contributed by atoms with Gasteiger partial charge in [0.2, 0.25) is 5.90 Å². The molecule has 1 aliphatic heterocycles. The highest BCUT2D eigenvalue weighted by molar-refractivity contribution is 6.13. The molecular formula is C26H22N2O6. The van der Waals surface area contributed by atoms with Gasteiger partial charge >= 0.3 is 5.97 Å². The summed E-state index contributed by atoms with van der Waals surface area (Å²) in [5.74, 6) is 0.582. The number of aryl methyl sites for hydroxylation is 2. The summed E-state index contributed by atoms with van der Waals surface area (Å²) in [5.41, 5.74) is 3.91. The number of aliphatic imine (C=N–C) groups is 1. The molecule has 0 saturated carbocycles. The van der Waals surface area contributed by atoms with Crippen LogP contribution < -0.4 is 9.47 Å². The smallest absolute Gasteiger partial charge is 0.363 e. The lowest BCUT2D eigenvalue weighted by atomic mass is 10.1. The lowest BCUT2D eigenvalue weighted by Crippen LogP contribution is -2.06. The third-order valence-electron chi connectivity index (χ3n) is 5.23. The fourth-order valence-electron chi connectivity index (χ4n) is 3.54. The van der Waals surface area contributed by atoms with Gasteiger partial charge in [0.15, 0.2) is 17.2 Å². The number of benzene rings is 3. The number of hydrogen-bond donors (Lipinski definition) is 0. The van der Waals surface area contributed by atoms with Crippen LogP contribution in [0.3, 0.4) is 0 Å². The van der Waals surface area contributed by atoms with E-state index in [4.69, 9.17) is 14.2 Å². The van der Waals surface area contributed by atoms with Crippen LogP contribution in [0.15, 0.2) is 71.4 Å². The Kier molecular flexibility index (Phi) is 6.40. The van der Waals surface area contributed by atoms with Crippen LogP contribution in [0.5, 0.6) is 11.5 Å². The van der Waals surface area contributed by atoms with E-state index in [1.54, 1.807) is 44.4 Å². The Bertz CT molecular complexity index is 1340. The van der Waals surface area contributed by atoms with Gasteiger partial charge in [-0.05, 0) is 55.3 Å². The minimum Gasteiger partial charge on any atom is -0.493 e. The van der Waals surface area contributed by atoms with Crippen molar-refractivity contribution in [3.8, 4) is 11.5 Å². The summed E-state index contributed by atoms with van der Waals surface area (Å²) in [4.78, 5) is 27.2. The first-order valence-corrected chi connectivity index (χ1v) is 10.5. The molecule has 3 aromatic rings. The number of nitro groups is 1. The molecule has 3 aromatic carbocycles. The van der Waals surface area contributed by atoms with Crippen LogP contribution in [0.25, 0.3) is 6.08 Å². The zero-order chi connectivity index (χ0) is 24.2. The molecule has 8 heteroatoms. The van der Waals surface area contributed by atoms with Gasteiger partial charge in [-0.2, -0.15) is 0 Å². The standard InChI is InChI=1S/C26H22N2O6/c1-16-5-4-6-19(11-16)15-33-23-10-7-18(14-24(23)32-3)13-21-26(29)34-25(27-21)20-8-9-22(28(30)31)17(2)12-20/h4-14H,15H2,1-3H3/b21-13-. The Morgan fingerprint density at radius 1 is 1.06 bits per heavy atom. The minimum absolute atomic E-state index is 0.0127. The maximum Gasteiger partial charge on any atom is 0.363 e. The molecule has 8 nitrogen and oxygen atoms in total. The Morgan fingerprint density at radius 3 is 2.59 bits per heavy atom. The number of ether oxygens (including phenoxy) is 3. The molecule has 1 aliphatic rings. The zero-order valence-electron chi connectivity index (χ0n) is 18.9. The molecule has 1 heterocycles. The second-order valence-electron chi connectivity index (χ2n) is 7.78. The molecule has 0 saturated heterocycles. The maximum atomic E-state index is 12.4. The van der Waals surface area contributed by atoms with Gasteiger partial charge < -0.3 is 14.2 Å². The Hall–Kier alpha value is -4.46. The normalized spacial score (nSPS) is 14.0. The predicted octanol–water partition coefficient (Wildman–Crippen LogP) is 5.14. The number of nitrogens with zero attached hydrogens (tertiary/aromatic N) is 2. The van der Waals surface area contributed by atoms with Gasteiger partial charge in [-0.15, -0.1) is 0 Å². The second-order valence-corrected chi connectivity index (χ2v) is 7.78. The highest BCUT2D eigenvalue weighted by atomic mass is 16.6. The molecule has 4 rings (SSSR count). The van der Waals surface area contributed by atoms with Crippen LogP contribution in [-0.4, -0.2) is 23.9 Å². The van der Waals surface area contributed by atoms with Crippen molar-refractivity contribution in [1.29, 1.82) is 0 Å². The SMILES string of the molecule is COc1cc(/C=C2\N=C(c3ccc([N+](=O)[O-])c(C)c3)OC2=O)ccc1OCc1cccc(C)c1. The van der Waals surface area contributed by atoms with E-state index in [0.29, 0.717) is 34.8 Å². The number of nitro benzene ring substituents is 1. The molecule has 0 atom stereocenters. The van der Waals surface area contributed by atoms with E-state index in [1.165, 1.54) is 12.1 Å². The van der Waals surface area contributed by atoms with Crippen molar-refractivity contribution in [1.82, 2.24) is 0 Å². The monoisotopic (exact) mass is 458 g/mol. The molecule has 0 radical (unpaired) electrons. The summed E-state index contributed by atoms with van der Waals surface area (Å²) in [6.07, 6.45) is 1.58. The average molecular weight is 458 g/mol. The molecule has 0 bridgehead atoms. The minimum atomic E-state index is -0.607. The van der Waals surface area contributed by atoms with Crippen molar-refractivity contribution in [2.24, 2.45) is 4.99 Å². The van der Waals surface area contributed by atoms with Crippen LogP contribution in [0.4, 0.5) is 5.69 Å². The number of esters is 1. The first-order valence-electron chi connectivity index (χ1n) is 10.5. The van der Waals surface area contributed by atoms with Gasteiger partial charge in [0.25, 0.3) is 5.69 Å². The molecule has 0 N–H and O–H groups in total. The second kappa shape index (κ2) is 9.58. The van der Waals surface area contributed by atoms with Crippen LogP contribution in [0, 0.1) is 24.0 Å². The topological polar surface area (TPSA) is 100 Å². The number of hydrogen-bond acceptors (Lipinski definition) is 7. The summed E-state index contributed by atoms with van der Waals surface area (Å²) in [5, 5.41) is 11.0. The summed E-state index contributed by atoms with van der Waals surface area (Å²) < 4.78 is 16.7. The van der Waals surface area contributed by atoms with Crippen molar-refractivity contribution in [2.45, 2.75) is 20.5 Å². The predicted molar refractivity (Wildman–Crippen MR) is 127 cm³/mol. The molecule has 0 amide bonds. The van der Waals surface area contributed by atoms with E-state index < -0.39 is 10.9 Å². The van der Waals surface area contributed by atoms with E-state index in [-0.39, 0.29) is 17.3 Å². The largest absolute Gasteiger partial charge is 0.493 e. The fraction of sp³-hybridized carbons (Fsp3) is 0.154. The number of carbonyl (C=O) groups excluding carboxylic acids is 1. The van der Waals surface area contributed by atoms with Gasteiger partial charge in [0.1, 0.15) is 6.61 Å². The number of rotatable bonds is 7. The molecule has 0 aromatic heterocycles. The van der Waals surface area contributed by atoms with E-state index in [0.717, 1.165) is 11.1 Å². The first kappa shape index (κ1) is 22.7. The molecule has 0 unspecified atom stereocenters. The summed E-state index contributed by atoms with van der Waals surface area (Å²) in [6, 6.07) is 17.8. The molecule has 34 heavy (non-hydrogen) atoms. The van der Waals surface area contributed by atoms with Crippen LogP contribution >= 0.6 is 0 Å². The van der Waals surface area contributed by atoms with E-state index in [2.05, 4.69) is 11.1 Å². The van der Waals surface area contributed by atoms with E-state index in [9.17, 15) is 14.9 Å². The van der Waals surface area contributed by atoms with Gasteiger partial charge in [0.05, 0.1) is 12.0 Å². The number of methoxy groups -OCH3 is 1. The Labute approximate surface area is 196 Å². The highest BCUT2D eigenvalue weighted by Crippen LogP contribution is 2.31. The Morgan fingerprint density at radius 2 is 1.88 bits per heavy atom. The van der Waals surface area contributed by atoms with Crippen molar-refractivity contribution in [3.05, 3.63) is 104 Å². The summed E-state index contributed by atoms with van der Waals surface area (Å²) in [6.45, 7) is 4.04. The van der Waals surface area contributed by atoms with Crippen molar-refractivity contribution in [2.75, 3.05) is 7.11 Å². The van der Waals surface area contributed by atoms with Crippen LogP contribution in [-0.2, 0) is 16.1 Å².